The number of carbonyl (C=O) groups is 1. The van der Waals surface area contributed by atoms with Gasteiger partial charge in [-0.05, 0) is 34.5 Å². The molecule has 0 unspecified atom stereocenters. The van der Waals surface area contributed by atoms with Crippen LogP contribution in [0.2, 0.25) is 0 Å². The molecule has 1 aliphatic rings. The summed E-state index contributed by atoms with van der Waals surface area (Å²) in [6.07, 6.45) is 1.63. The molecule has 1 saturated heterocycles. The summed E-state index contributed by atoms with van der Waals surface area (Å²) in [5, 5.41) is 11.4. The van der Waals surface area contributed by atoms with Crippen LogP contribution >= 0.6 is 27.7 Å². The van der Waals surface area contributed by atoms with Gasteiger partial charge in [0.25, 0.3) is 0 Å². The summed E-state index contributed by atoms with van der Waals surface area (Å²) in [7, 11) is 1.61. The maximum Gasteiger partial charge on any atom is 0.239 e. The van der Waals surface area contributed by atoms with Gasteiger partial charge in [-0.15, -0.1) is 5.10 Å². The molecule has 1 aliphatic heterocycles. The third kappa shape index (κ3) is 4.36. The number of hydrogen-bond acceptors (Lipinski definition) is 5. The van der Waals surface area contributed by atoms with Crippen molar-refractivity contribution in [2.24, 2.45) is 10.2 Å². The van der Waals surface area contributed by atoms with E-state index in [4.69, 9.17) is 4.74 Å². The van der Waals surface area contributed by atoms with Crippen molar-refractivity contribution in [3.63, 3.8) is 0 Å². The Kier molecular flexibility index (Phi) is 5.97. The summed E-state index contributed by atoms with van der Waals surface area (Å²) in [6.45, 7) is 0.474. The van der Waals surface area contributed by atoms with Crippen molar-refractivity contribution in [2.45, 2.75) is 6.54 Å². The number of carbonyl (C=O) groups excluding carboxylic acids is 1. The standard InChI is InChI=1S/C22H18BrN3O2S/c1-28-20-10-9-18(23)11-17(20)12-24-25-22-26(21(27)14-29-22)13-16-7-4-6-15-5-2-3-8-19(15)16/h2-12H,13-14H2,1H3. The topological polar surface area (TPSA) is 54.3 Å². The first kappa shape index (κ1) is 19.7. The van der Waals surface area contributed by atoms with Crippen LogP contribution in [-0.4, -0.2) is 35.1 Å². The number of amides is 1. The van der Waals surface area contributed by atoms with Gasteiger partial charge in [-0.2, -0.15) is 5.10 Å². The molecule has 146 valence electrons. The van der Waals surface area contributed by atoms with Gasteiger partial charge in [-0.25, -0.2) is 0 Å². The second-order valence-corrected chi connectivity index (χ2v) is 8.28. The predicted molar refractivity (Wildman–Crippen MR) is 123 cm³/mol. The molecule has 0 spiro atoms. The number of rotatable bonds is 5. The molecule has 0 aromatic heterocycles. The SMILES string of the molecule is COc1ccc(Br)cc1C=NN=C1SCC(=O)N1Cc1cccc2ccccc12. The minimum Gasteiger partial charge on any atom is -0.496 e. The van der Waals surface area contributed by atoms with E-state index in [1.54, 1.807) is 18.2 Å². The Labute approximate surface area is 181 Å². The molecule has 0 bridgehead atoms. The first-order valence-electron chi connectivity index (χ1n) is 9.00. The average Bonchev–Trinajstić information content (AvgIpc) is 3.08. The Morgan fingerprint density at radius 3 is 2.86 bits per heavy atom. The highest BCUT2D eigenvalue weighted by molar-refractivity contribution is 9.10. The molecular weight excluding hydrogens is 450 g/mol. The van der Waals surface area contributed by atoms with Gasteiger partial charge in [0.2, 0.25) is 5.91 Å². The summed E-state index contributed by atoms with van der Waals surface area (Å²) in [5.74, 6) is 1.12. The highest BCUT2D eigenvalue weighted by Crippen LogP contribution is 2.26. The molecule has 0 saturated carbocycles. The van der Waals surface area contributed by atoms with Crippen LogP contribution in [0.4, 0.5) is 0 Å². The van der Waals surface area contributed by atoms with E-state index in [2.05, 4.69) is 44.3 Å². The van der Waals surface area contributed by atoms with E-state index in [-0.39, 0.29) is 5.91 Å². The van der Waals surface area contributed by atoms with Crippen molar-refractivity contribution >= 4 is 55.8 Å². The molecular formula is C22H18BrN3O2S. The Morgan fingerprint density at radius 2 is 2.00 bits per heavy atom. The van der Waals surface area contributed by atoms with Crippen LogP contribution in [0.3, 0.4) is 0 Å². The van der Waals surface area contributed by atoms with Crippen LogP contribution in [0, 0.1) is 0 Å². The zero-order valence-corrected chi connectivity index (χ0v) is 18.1. The Balaban J connectivity index is 1.59. The van der Waals surface area contributed by atoms with E-state index in [1.807, 2.05) is 42.5 Å². The number of amidine groups is 1. The first-order chi connectivity index (χ1) is 14.2. The van der Waals surface area contributed by atoms with Gasteiger partial charge in [0, 0.05) is 10.0 Å². The lowest BCUT2D eigenvalue weighted by atomic mass is 10.0. The van der Waals surface area contributed by atoms with Crippen molar-refractivity contribution in [3.05, 3.63) is 76.3 Å². The molecule has 1 fully saturated rings. The monoisotopic (exact) mass is 467 g/mol. The maximum absolute atomic E-state index is 12.4. The van der Waals surface area contributed by atoms with Crippen LogP contribution < -0.4 is 4.74 Å². The number of fused-ring (bicyclic) bond motifs is 1. The molecule has 0 radical (unpaired) electrons. The van der Waals surface area contributed by atoms with E-state index in [0.717, 1.165) is 26.4 Å². The smallest absolute Gasteiger partial charge is 0.239 e. The first-order valence-corrected chi connectivity index (χ1v) is 10.8. The number of halogens is 1. The fourth-order valence-corrected chi connectivity index (χ4v) is 4.39. The molecule has 0 atom stereocenters. The van der Waals surface area contributed by atoms with Crippen molar-refractivity contribution in [3.8, 4) is 5.75 Å². The molecule has 1 heterocycles. The summed E-state index contributed by atoms with van der Waals surface area (Å²) in [5.41, 5.74) is 1.89. The summed E-state index contributed by atoms with van der Waals surface area (Å²) in [6, 6.07) is 20.0. The van der Waals surface area contributed by atoms with Crippen LogP contribution in [0.15, 0.2) is 75.3 Å². The Hall–Kier alpha value is -2.64. The van der Waals surface area contributed by atoms with Crippen LogP contribution in [0.5, 0.6) is 5.75 Å². The van der Waals surface area contributed by atoms with Crippen LogP contribution in [0.25, 0.3) is 10.8 Å². The molecule has 5 nitrogen and oxygen atoms in total. The molecule has 3 aromatic rings. The van der Waals surface area contributed by atoms with Gasteiger partial charge in [0.15, 0.2) is 5.17 Å². The van der Waals surface area contributed by atoms with E-state index in [1.165, 1.54) is 11.8 Å². The van der Waals surface area contributed by atoms with Crippen molar-refractivity contribution in [1.82, 2.24) is 4.90 Å². The Morgan fingerprint density at radius 1 is 1.17 bits per heavy atom. The number of benzene rings is 3. The third-order valence-electron chi connectivity index (χ3n) is 4.60. The third-order valence-corrected chi connectivity index (χ3v) is 6.04. The number of thioether (sulfide) groups is 1. The quantitative estimate of drug-likeness (QED) is 0.388. The lowest BCUT2D eigenvalue weighted by Gasteiger charge is -2.16. The lowest BCUT2D eigenvalue weighted by molar-refractivity contribution is -0.124. The summed E-state index contributed by atoms with van der Waals surface area (Å²) in [4.78, 5) is 14.1. The van der Waals surface area contributed by atoms with Crippen molar-refractivity contribution in [1.29, 1.82) is 0 Å². The number of hydrogen-bond donors (Lipinski definition) is 0. The van der Waals surface area contributed by atoms with Gasteiger partial charge >= 0.3 is 0 Å². The molecule has 29 heavy (non-hydrogen) atoms. The van der Waals surface area contributed by atoms with Crippen LogP contribution in [-0.2, 0) is 11.3 Å². The van der Waals surface area contributed by atoms with E-state index in [9.17, 15) is 4.79 Å². The number of ether oxygens (including phenoxy) is 1. The van der Waals surface area contributed by atoms with Gasteiger partial charge in [-0.1, -0.05) is 70.2 Å². The minimum atomic E-state index is 0.0388. The van der Waals surface area contributed by atoms with Crippen molar-refractivity contribution in [2.75, 3.05) is 12.9 Å². The summed E-state index contributed by atoms with van der Waals surface area (Å²) < 4.78 is 6.28. The highest BCUT2D eigenvalue weighted by Gasteiger charge is 2.28. The zero-order chi connectivity index (χ0) is 20.2. The molecule has 4 rings (SSSR count). The van der Waals surface area contributed by atoms with E-state index < -0.39 is 0 Å². The number of methoxy groups -OCH3 is 1. The molecule has 7 heteroatoms. The average molecular weight is 468 g/mol. The highest BCUT2D eigenvalue weighted by atomic mass is 79.9. The lowest BCUT2D eigenvalue weighted by Crippen LogP contribution is -2.28. The van der Waals surface area contributed by atoms with E-state index >= 15 is 0 Å². The fraction of sp³-hybridized carbons (Fsp3) is 0.136. The second-order valence-electron chi connectivity index (χ2n) is 6.42. The zero-order valence-electron chi connectivity index (χ0n) is 15.7. The van der Waals surface area contributed by atoms with Gasteiger partial charge in [-0.3, -0.25) is 9.69 Å². The van der Waals surface area contributed by atoms with Crippen molar-refractivity contribution < 1.29 is 9.53 Å². The number of nitrogens with zero attached hydrogens (tertiary/aromatic N) is 3. The van der Waals surface area contributed by atoms with E-state index in [0.29, 0.717) is 23.2 Å². The van der Waals surface area contributed by atoms with Gasteiger partial charge in [0.05, 0.1) is 25.6 Å². The second kappa shape index (κ2) is 8.80. The fourth-order valence-electron chi connectivity index (χ4n) is 3.17. The van der Waals surface area contributed by atoms with Gasteiger partial charge < -0.3 is 4.74 Å². The van der Waals surface area contributed by atoms with Crippen LogP contribution in [0.1, 0.15) is 11.1 Å². The molecule has 1 amide bonds. The summed E-state index contributed by atoms with van der Waals surface area (Å²) >= 11 is 4.85. The minimum absolute atomic E-state index is 0.0388. The largest absolute Gasteiger partial charge is 0.496 e. The normalized spacial score (nSPS) is 15.7. The molecule has 0 N–H and O–H groups in total. The predicted octanol–water partition coefficient (Wildman–Crippen LogP) is 5.08. The molecule has 3 aromatic carbocycles. The maximum atomic E-state index is 12.4. The van der Waals surface area contributed by atoms with Gasteiger partial charge in [0.1, 0.15) is 5.75 Å². The molecule has 0 aliphatic carbocycles. The Bertz CT molecular complexity index is 1120.